The summed E-state index contributed by atoms with van der Waals surface area (Å²) in [5.74, 6) is 0. The molecule has 0 radical (unpaired) electrons. The van der Waals surface area contributed by atoms with Gasteiger partial charge in [-0.3, -0.25) is 19.9 Å². The second-order valence-electron chi connectivity index (χ2n) is 8.50. The van der Waals surface area contributed by atoms with Crippen LogP contribution < -0.4 is 0 Å². The minimum absolute atomic E-state index is 0.653. The molecule has 6 nitrogen and oxygen atoms in total. The van der Waals surface area contributed by atoms with E-state index in [-0.39, 0.29) is 0 Å². The van der Waals surface area contributed by atoms with Crippen molar-refractivity contribution in [3.05, 3.63) is 132 Å². The lowest BCUT2D eigenvalue weighted by atomic mass is 10.0. The Balaban J connectivity index is 1.48. The number of aromatic nitrogens is 4. The molecular formula is C30H18N6. The Hall–Kier alpha value is -5.10. The average Bonchev–Trinajstić information content (AvgIpc) is 2.94. The summed E-state index contributed by atoms with van der Waals surface area (Å²) in [7, 11) is 0. The van der Waals surface area contributed by atoms with Gasteiger partial charge in [0, 0.05) is 35.6 Å². The Kier molecular flexibility index (Phi) is 4.67. The van der Waals surface area contributed by atoms with Gasteiger partial charge in [-0.2, -0.15) is 0 Å². The summed E-state index contributed by atoms with van der Waals surface area (Å²) >= 11 is 0. The number of pyridine rings is 4. The van der Waals surface area contributed by atoms with Crippen LogP contribution in [0.1, 0.15) is 22.8 Å². The zero-order chi connectivity index (χ0) is 23.9. The number of rotatable bonds is 2. The molecule has 0 saturated carbocycles. The molecule has 1 aliphatic rings. The van der Waals surface area contributed by atoms with E-state index in [2.05, 4.69) is 12.1 Å². The molecule has 168 valence electrons. The Morgan fingerprint density at radius 1 is 0.417 bits per heavy atom. The molecule has 36 heavy (non-hydrogen) atoms. The Labute approximate surface area is 206 Å². The van der Waals surface area contributed by atoms with E-state index in [0.29, 0.717) is 34.2 Å². The molecule has 0 saturated heterocycles. The zero-order valence-corrected chi connectivity index (χ0v) is 19.1. The van der Waals surface area contributed by atoms with Gasteiger partial charge in [-0.15, -0.1) is 0 Å². The summed E-state index contributed by atoms with van der Waals surface area (Å²) in [6, 6.07) is 28.0. The molecule has 0 unspecified atom stereocenters. The fraction of sp³-hybridized carbons (Fsp3) is 0. The third-order valence-corrected chi connectivity index (χ3v) is 6.23. The number of aliphatic imine (C=N–C) groups is 2. The monoisotopic (exact) mass is 462 g/mol. The minimum Gasteiger partial charge on any atom is -0.254 e. The Morgan fingerprint density at radius 3 is 1.33 bits per heavy atom. The van der Waals surface area contributed by atoms with Crippen molar-refractivity contribution in [2.24, 2.45) is 9.98 Å². The van der Waals surface area contributed by atoms with Crippen molar-refractivity contribution < 1.29 is 0 Å². The first-order valence-corrected chi connectivity index (χ1v) is 11.6. The first kappa shape index (κ1) is 20.3. The molecule has 0 amide bonds. The molecular weight excluding hydrogens is 444 g/mol. The lowest BCUT2D eigenvalue weighted by molar-refractivity contribution is 1.19. The fourth-order valence-corrected chi connectivity index (χ4v) is 4.47. The summed E-state index contributed by atoms with van der Waals surface area (Å²) < 4.78 is 0. The van der Waals surface area contributed by atoms with Gasteiger partial charge in [0.2, 0.25) is 0 Å². The number of hydrogen-bond acceptors (Lipinski definition) is 6. The lowest BCUT2D eigenvalue weighted by Crippen LogP contribution is -2.14. The maximum atomic E-state index is 5.08. The minimum atomic E-state index is 0.653. The van der Waals surface area contributed by atoms with Crippen molar-refractivity contribution in [2.75, 3.05) is 0 Å². The third kappa shape index (κ3) is 3.44. The van der Waals surface area contributed by atoms with Crippen LogP contribution in [0, 0.1) is 0 Å². The summed E-state index contributed by atoms with van der Waals surface area (Å²) in [6.45, 7) is 0. The highest BCUT2D eigenvalue weighted by Gasteiger charge is 2.23. The van der Waals surface area contributed by atoms with E-state index in [1.807, 2.05) is 85.2 Å². The molecule has 0 aliphatic carbocycles. The number of nitrogens with zero attached hydrogens (tertiary/aromatic N) is 6. The van der Waals surface area contributed by atoms with Crippen molar-refractivity contribution in [2.45, 2.75) is 0 Å². The van der Waals surface area contributed by atoms with Gasteiger partial charge in [-0.25, -0.2) is 9.98 Å². The number of fused-ring (bicyclic) bond motifs is 4. The maximum absolute atomic E-state index is 5.08. The van der Waals surface area contributed by atoms with Gasteiger partial charge in [0.15, 0.2) is 0 Å². The summed E-state index contributed by atoms with van der Waals surface area (Å²) in [5.41, 5.74) is 5.46. The Bertz CT molecular complexity index is 1720. The molecule has 4 aromatic heterocycles. The van der Waals surface area contributed by atoms with E-state index < -0.39 is 0 Å². The van der Waals surface area contributed by atoms with Gasteiger partial charge in [-0.05, 0) is 47.2 Å². The average molecular weight is 463 g/mol. The van der Waals surface area contributed by atoms with E-state index in [1.165, 1.54) is 0 Å². The second kappa shape index (κ2) is 8.29. The maximum Gasteiger partial charge on any atom is 0.117 e. The first-order valence-electron chi connectivity index (χ1n) is 11.6. The van der Waals surface area contributed by atoms with E-state index in [1.54, 1.807) is 12.4 Å². The smallest absolute Gasteiger partial charge is 0.117 e. The first-order chi connectivity index (χ1) is 17.8. The highest BCUT2D eigenvalue weighted by Crippen LogP contribution is 2.31. The van der Waals surface area contributed by atoms with Crippen molar-refractivity contribution in [3.8, 4) is 0 Å². The van der Waals surface area contributed by atoms with E-state index in [0.717, 1.165) is 32.9 Å². The van der Waals surface area contributed by atoms with E-state index >= 15 is 0 Å². The van der Waals surface area contributed by atoms with Crippen LogP contribution in [0.4, 0.5) is 11.4 Å². The summed E-state index contributed by atoms with van der Waals surface area (Å²) in [5, 5.41) is 4.30. The molecule has 0 spiro atoms. The molecule has 0 atom stereocenters. The molecule has 0 bridgehead atoms. The second-order valence-corrected chi connectivity index (χ2v) is 8.50. The van der Waals surface area contributed by atoms with Crippen molar-refractivity contribution in [3.63, 3.8) is 0 Å². The van der Waals surface area contributed by atoms with Crippen LogP contribution in [0.2, 0.25) is 0 Å². The normalized spacial score (nSPS) is 12.8. The highest BCUT2D eigenvalue weighted by atomic mass is 14.9. The van der Waals surface area contributed by atoms with Gasteiger partial charge in [-0.1, -0.05) is 48.5 Å². The van der Waals surface area contributed by atoms with Gasteiger partial charge in [0.1, 0.15) is 22.8 Å². The SMILES string of the molecule is c1cnc2c(c1)N=C(c1cc3ccccc3cn1)c1ncccc1N=C2c1cc2ccccc2cn1. The van der Waals surface area contributed by atoms with Gasteiger partial charge >= 0.3 is 0 Å². The standard InChI is InChI=1S/C30H18N6/c1-3-9-21-17-33-25(15-19(21)7-1)29-27-23(11-5-13-31-27)36-30(28-24(35-29)12-6-14-32-28)26-16-20-8-2-4-10-22(20)18-34-26/h1-18H. The van der Waals surface area contributed by atoms with Crippen LogP contribution in [0.25, 0.3) is 21.5 Å². The van der Waals surface area contributed by atoms with Crippen LogP contribution in [0.15, 0.2) is 120 Å². The quantitative estimate of drug-likeness (QED) is 0.305. The van der Waals surface area contributed by atoms with E-state index in [4.69, 9.17) is 29.9 Å². The molecule has 6 aromatic rings. The van der Waals surface area contributed by atoms with E-state index in [9.17, 15) is 0 Å². The largest absolute Gasteiger partial charge is 0.254 e. The molecule has 5 heterocycles. The lowest BCUT2D eigenvalue weighted by Gasteiger charge is -2.16. The topological polar surface area (TPSA) is 76.3 Å². The number of hydrogen-bond donors (Lipinski definition) is 0. The van der Waals surface area contributed by atoms with Gasteiger partial charge in [0.25, 0.3) is 0 Å². The van der Waals surface area contributed by atoms with Crippen molar-refractivity contribution in [1.82, 2.24) is 19.9 Å². The summed E-state index contributed by atoms with van der Waals surface area (Å²) in [6.07, 6.45) is 7.24. The zero-order valence-electron chi connectivity index (χ0n) is 19.1. The molecule has 6 heteroatoms. The molecule has 0 N–H and O–H groups in total. The predicted octanol–water partition coefficient (Wildman–Crippen LogP) is 6.22. The van der Waals surface area contributed by atoms with Gasteiger partial charge in [0.05, 0.1) is 22.8 Å². The molecule has 0 fully saturated rings. The molecule has 2 aromatic carbocycles. The van der Waals surface area contributed by atoms with Crippen molar-refractivity contribution >= 4 is 44.3 Å². The molecule has 7 rings (SSSR count). The fourth-order valence-electron chi connectivity index (χ4n) is 4.47. The van der Waals surface area contributed by atoms with Gasteiger partial charge < -0.3 is 0 Å². The van der Waals surface area contributed by atoms with Crippen LogP contribution in [0.5, 0.6) is 0 Å². The van der Waals surface area contributed by atoms with Crippen LogP contribution in [-0.2, 0) is 0 Å². The third-order valence-electron chi connectivity index (χ3n) is 6.23. The van der Waals surface area contributed by atoms with Crippen LogP contribution in [-0.4, -0.2) is 31.4 Å². The Morgan fingerprint density at radius 2 is 0.861 bits per heavy atom. The molecule has 1 aliphatic heterocycles. The van der Waals surface area contributed by atoms with Crippen molar-refractivity contribution in [1.29, 1.82) is 0 Å². The summed E-state index contributed by atoms with van der Waals surface area (Å²) in [4.78, 5) is 29.0. The van der Waals surface area contributed by atoms with Crippen LogP contribution in [0.3, 0.4) is 0 Å². The van der Waals surface area contributed by atoms with Crippen LogP contribution >= 0.6 is 0 Å². The number of benzene rings is 2. The predicted molar refractivity (Wildman–Crippen MR) is 143 cm³/mol. The highest BCUT2D eigenvalue weighted by molar-refractivity contribution is 6.21.